The Bertz CT molecular complexity index is 979. The summed E-state index contributed by atoms with van der Waals surface area (Å²) in [6, 6.07) is 13.0. The van der Waals surface area contributed by atoms with Crippen molar-refractivity contribution in [3.05, 3.63) is 80.8 Å². The molecule has 0 saturated carbocycles. The number of nitro groups is 1. The second kappa shape index (κ2) is 6.64. The molecule has 0 amide bonds. The van der Waals surface area contributed by atoms with E-state index in [1.807, 2.05) is 47.8 Å². The molecular formula is C18H14N4O3S. The van der Waals surface area contributed by atoms with E-state index < -0.39 is 16.9 Å². The van der Waals surface area contributed by atoms with E-state index in [1.54, 1.807) is 17.4 Å². The molecule has 2 atom stereocenters. The van der Waals surface area contributed by atoms with E-state index in [0.717, 1.165) is 16.0 Å². The highest BCUT2D eigenvalue weighted by molar-refractivity contribution is 7.11. The molecule has 3 aromatic rings. The maximum Gasteiger partial charge on any atom is 0.490 e. The Morgan fingerprint density at radius 1 is 1.19 bits per heavy atom. The summed E-state index contributed by atoms with van der Waals surface area (Å²) in [6.07, 6.45) is 3.54. The van der Waals surface area contributed by atoms with Crippen molar-refractivity contribution in [1.82, 2.24) is 14.8 Å². The van der Waals surface area contributed by atoms with E-state index in [9.17, 15) is 14.9 Å². The lowest BCUT2D eigenvalue weighted by molar-refractivity contribution is -0.394. The number of nitrogens with zero attached hydrogens (tertiary/aromatic N) is 4. The third kappa shape index (κ3) is 2.95. The molecule has 1 aliphatic carbocycles. The van der Waals surface area contributed by atoms with Crippen LogP contribution >= 0.6 is 11.3 Å². The summed E-state index contributed by atoms with van der Waals surface area (Å²) < 4.78 is 1.32. The lowest BCUT2D eigenvalue weighted by Gasteiger charge is -2.29. The largest absolute Gasteiger partial charge is 0.490 e. The maximum absolute atomic E-state index is 12.9. The van der Waals surface area contributed by atoms with Gasteiger partial charge in [-0.3, -0.25) is 4.79 Å². The van der Waals surface area contributed by atoms with Crippen LogP contribution in [0.25, 0.3) is 5.57 Å². The Kier molecular flexibility index (Phi) is 4.18. The van der Waals surface area contributed by atoms with Crippen molar-refractivity contribution in [3.8, 4) is 0 Å². The molecule has 1 aromatic carbocycles. The van der Waals surface area contributed by atoms with Gasteiger partial charge in [0.15, 0.2) is 5.78 Å². The van der Waals surface area contributed by atoms with E-state index >= 15 is 0 Å². The lowest BCUT2D eigenvalue weighted by atomic mass is 9.79. The van der Waals surface area contributed by atoms with Crippen molar-refractivity contribution in [2.75, 3.05) is 0 Å². The number of carbonyl (C=O) groups excluding carboxylic acids is 1. The Labute approximate surface area is 152 Å². The molecule has 2 heterocycles. The number of carbonyl (C=O) groups is 1. The molecule has 0 aliphatic heterocycles. The van der Waals surface area contributed by atoms with Crippen LogP contribution in [0.15, 0.2) is 60.2 Å². The molecule has 8 heteroatoms. The van der Waals surface area contributed by atoms with Crippen molar-refractivity contribution in [2.45, 2.75) is 18.4 Å². The smallest absolute Gasteiger partial charge is 0.390 e. The van der Waals surface area contributed by atoms with Gasteiger partial charge in [0.2, 0.25) is 6.33 Å². The fraction of sp³-hybridized carbons (Fsp3) is 0.167. The van der Waals surface area contributed by atoms with Crippen molar-refractivity contribution in [3.63, 3.8) is 0 Å². The van der Waals surface area contributed by atoms with E-state index in [-0.39, 0.29) is 11.7 Å². The molecule has 0 N–H and O–H groups in total. The highest BCUT2D eigenvalue weighted by Gasteiger charge is 2.38. The first kappa shape index (κ1) is 16.3. The van der Waals surface area contributed by atoms with Gasteiger partial charge in [0.05, 0.1) is 0 Å². The van der Waals surface area contributed by atoms with Crippen LogP contribution in [0.2, 0.25) is 0 Å². The van der Waals surface area contributed by atoms with Gasteiger partial charge in [-0.1, -0.05) is 41.4 Å². The monoisotopic (exact) mass is 366 g/mol. The fourth-order valence-electron chi connectivity index (χ4n) is 3.29. The first-order chi connectivity index (χ1) is 12.6. The second-order valence-electron chi connectivity index (χ2n) is 6.00. The number of aromatic nitrogens is 3. The predicted molar refractivity (Wildman–Crippen MR) is 96.8 cm³/mol. The van der Waals surface area contributed by atoms with Crippen LogP contribution < -0.4 is 0 Å². The van der Waals surface area contributed by atoms with Gasteiger partial charge in [0.1, 0.15) is 6.04 Å². The van der Waals surface area contributed by atoms with Crippen LogP contribution in [-0.4, -0.2) is 25.5 Å². The minimum Gasteiger partial charge on any atom is -0.390 e. The quantitative estimate of drug-likeness (QED) is 0.519. The molecule has 26 heavy (non-hydrogen) atoms. The highest BCUT2D eigenvalue weighted by Crippen LogP contribution is 2.42. The van der Waals surface area contributed by atoms with Gasteiger partial charge < -0.3 is 10.1 Å². The normalized spacial score (nSPS) is 20.0. The van der Waals surface area contributed by atoms with Crippen molar-refractivity contribution >= 4 is 28.6 Å². The van der Waals surface area contributed by atoms with Crippen molar-refractivity contribution < 1.29 is 9.72 Å². The third-order valence-electron chi connectivity index (χ3n) is 4.44. The fourth-order valence-corrected chi connectivity index (χ4v) is 4.05. The van der Waals surface area contributed by atoms with Crippen LogP contribution in [0.4, 0.5) is 5.95 Å². The summed E-state index contributed by atoms with van der Waals surface area (Å²) in [5.74, 6) is -0.807. The molecule has 0 radical (unpaired) electrons. The number of hydrogen-bond acceptors (Lipinski definition) is 6. The summed E-state index contributed by atoms with van der Waals surface area (Å²) in [5.41, 5.74) is 1.97. The number of allylic oxidation sites excluding steroid dienone is 2. The molecule has 1 aliphatic rings. The van der Waals surface area contributed by atoms with E-state index in [1.165, 1.54) is 11.0 Å². The zero-order valence-corrected chi connectivity index (χ0v) is 14.4. The molecule has 4 rings (SSSR count). The molecule has 2 aromatic heterocycles. The van der Waals surface area contributed by atoms with Gasteiger partial charge in [-0.25, -0.2) is 0 Å². The molecule has 7 nitrogen and oxygen atoms in total. The van der Waals surface area contributed by atoms with Crippen LogP contribution in [0.3, 0.4) is 0 Å². The molecule has 130 valence electrons. The zero-order chi connectivity index (χ0) is 18.1. The van der Waals surface area contributed by atoms with Crippen LogP contribution in [0, 0.1) is 10.1 Å². The molecule has 0 fully saturated rings. The van der Waals surface area contributed by atoms with Crippen molar-refractivity contribution in [1.29, 1.82) is 0 Å². The summed E-state index contributed by atoms with van der Waals surface area (Å²) in [7, 11) is 0. The van der Waals surface area contributed by atoms with Crippen LogP contribution in [-0.2, 0) is 4.79 Å². The third-order valence-corrected chi connectivity index (χ3v) is 5.38. The van der Waals surface area contributed by atoms with Gasteiger partial charge in [-0.2, -0.15) is 4.68 Å². The van der Waals surface area contributed by atoms with Crippen LogP contribution in [0.1, 0.15) is 28.8 Å². The van der Waals surface area contributed by atoms with Gasteiger partial charge in [0, 0.05) is 15.9 Å². The molecule has 0 saturated heterocycles. The molecule has 2 unspecified atom stereocenters. The minimum atomic E-state index is -0.658. The predicted octanol–water partition coefficient (Wildman–Crippen LogP) is 3.63. The molecule has 0 spiro atoms. The number of rotatable bonds is 4. The Balaban J connectivity index is 1.78. The average Bonchev–Trinajstić information content (AvgIpc) is 3.34. The second-order valence-corrected chi connectivity index (χ2v) is 6.94. The Morgan fingerprint density at radius 3 is 2.65 bits per heavy atom. The Morgan fingerprint density at radius 2 is 2.00 bits per heavy atom. The number of hydrogen-bond donors (Lipinski definition) is 0. The first-order valence-electron chi connectivity index (χ1n) is 8.02. The SMILES string of the molecule is O=C1C=C(c2cccs2)CC(c2ccccc2)C1n1cnc([N+](=O)[O-])n1. The van der Waals surface area contributed by atoms with Crippen molar-refractivity contribution in [2.24, 2.45) is 0 Å². The van der Waals surface area contributed by atoms with Gasteiger partial charge in [0.25, 0.3) is 0 Å². The topological polar surface area (TPSA) is 90.9 Å². The summed E-state index contributed by atoms with van der Waals surface area (Å²) in [5, 5.41) is 16.8. The van der Waals surface area contributed by atoms with E-state index in [4.69, 9.17) is 0 Å². The summed E-state index contributed by atoms with van der Waals surface area (Å²) in [6.45, 7) is 0. The van der Waals surface area contributed by atoms with E-state index in [2.05, 4.69) is 10.1 Å². The Hall–Kier alpha value is -3.13. The summed E-state index contributed by atoms with van der Waals surface area (Å²) >= 11 is 1.59. The minimum absolute atomic E-state index is 0.131. The van der Waals surface area contributed by atoms with E-state index in [0.29, 0.717) is 6.42 Å². The molecule has 0 bridgehead atoms. The van der Waals surface area contributed by atoms with Crippen LogP contribution in [0.5, 0.6) is 0 Å². The van der Waals surface area contributed by atoms with Gasteiger partial charge in [-0.15, -0.1) is 11.3 Å². The zero-order valence-electron chi connectivity index (χ0n) is 13.6. The average molecular weight is 366 g/mol. The first-order valence-corrected chi connectivity index (χ1v) is 8.90. The number of benzene rings is 1. The van der Waals surface area contributed by atoms with Gasteiger partial charge in [-0.05, 0) is 40.0 Å². The maximum atomic E-state index is 12.9. The number of ketones is 1. The lowest BCUT2D eigenvalue weighted by Crippen LogP contribution is -2.29. The van der Waals surface area contributed by atoms with Gasteiger partial charge >= 0.3 is 5.95 Å². The number of thiophene rings is 1. The summed E-state index contributed by atoms with van der Waals surface area (Å²) in [4.78, 5) is 27.9. The standard InChI is InChI=1S/C18H14N4O3S/c23-15-10-13(16-7-4-8-26-16)9-14(12-5-2-1-3-6-12)17(15)21-11-19-18(20-21)22(24)25/h1-8,10-11,14,17H,9H2. The highest BCUT2D eigenvalue weighted by atomic mass is 32.1. The molecular weight excluding hydrogens is 352 g/mol.